The number of hydrogen-bond acceptors (Lipinski definition) is 4. The third-order valence-corrected chi connectivity index (χ3v) is 4.62. The number of anilines is 1. The topological polar surface area (TPSA) is 69.0 Å². The summed E-state index contributed by atoms with van der Waals surface area (Å²) >= 11 is 5.98. The number of halogens is 1. The molecule has 1 N–H and O–H groups in total. The molecule has 2 aromatic heterocycles. The van der Waals surface area contributed by atoms with Crippen LogP contribution in [0, 0.1) is 0 Å². The van der Waals surface area contributed by atoms with Crippen LogP contribution in [0.1, 0.15) is 12.0 Å². The maximum absolute atomic E-state index is 12.2. The van der Waals surface area contributed by atoms with Crippen molar-refractivity contribution in [1.29, 1.82) is 0 Å². The number of ether oxygens (including phenoxy) is 1. The Labute approximate surface area is 179 Å². The molecule has 4 aromatic rings. The fraction of sp³-hybridized carbons (Fsp3) is 0.0870. The predicted molar refractivity (Wildman–Crippen MR) is 116 cm³/mol. The molecule has 0 fully saturated rings. The second-order valence-electron chi connectivity index (χ2n) is 6.61. The van der Waals surface area contributed by atoms with E-state index in [2.05, 4.69) is 15.3 Å². The van der Waals surface area contributed by atoms with Crippen molar-refractivity contribution in [2.24, 2.45) is 0 Å². The maximum atomic E-state index is 12.2. The van der Waals surface area contributed by atoms with Crippen LogP contribution in [-0.4, -0.2) is 20.4 Å². The second kappa shape index (κ2) is 9.24. The van der Waals surface area contributed by atoms with Crippen molar-refractivity contribution in [3.63, 3.8) is 0 Å². The van der Waals surface area contributed by atoms with Gasteiger partial charge in [-0.1, -0.05) is 23.7 Å². The van der Waals surface area contributed by atoms with E-state index in [-0.39, 0.29) is 5.91 Å². The summed E-state index contributed by atoms with van der Waals surface area (Å²) in [6, 6.07) is 20.3. The maximum Gasteiger partial charge on any atom is 0.224 e. The fourth-order valence-corrected chi connectivity index (χ4v) is 3.13. The van der Waals surface area contributed by atoms with Crippen molar-refractivity contribution >= 4 is 23.2 Å². The summed E-state index contributed by atoms with van der Waals surface area (Å²) in [4.78, 5) is 20.6. The molecule has 7 heteroatoms. The number of amides is 1. The SMILES string of the molecule is O=C(CCc1cccc(Cl)c1)Nc1ccc(Oc2cc(-n3cccc3)ncn2)cc1. The van der Waals surface area contributed by atoms with Gasteiger partial charge in [-0.05, 0) is 60.5 Å². The number of aryl methyl sites for hydroxylation is 1. The van der Waals surface area contributed by atoms with Crippen molar-refractivity contribution in [1.82, 2.24) is 14.5 Å². The highest BCUT2D eigenvalue weighted by Crippen LogP contribution is 2.22. The number of aromatic nitrogens is 3. The third kappa shape index (κ3) is 5.24. The van der Waals surface area contributed by atoms with Gasteiger partial charge in [0.25, 0.3) is 0 Å². The molecule has 0 saturated heterocycles. The standard InChI is InChI=1S/C23H19ClN4O2/c24-18-5-3-4-17(14-18)6-11-22(29)27-19-7-9-20(10-8-19)30-23-15-21(25-16-26-23)28-12-1-2-13-28/h1-5,7-10,12-16H,6,11H2,(H,27,29). The summed E-state index contributed by atoms with van der Waals surface area (Å²) in [5.41, 5.74) is 1.74. The van der Waals surface area contributed by atoms with Crippen molar-refractivity contribution in [3.8, 4) is 17.4 Å². The lowest BCUT2D eigenvalue weighted by Gasteiger charge is -2.09. The van der Waals surface area contributed by atoms with E-state index in [1.54, 1.807) is 30.3 Å². The van der Waals surface area contributed by atoms with Gasteiger partial charge < -0.3 is 14.6 Å². The van der Waals surface area contributed by atoms with Gasteiger partial charge in [-0.2, -0.15) is 0 Å². The van der Waals surface area contributed by atoms with Crippen molar-refractivity contribution in [2.75, 3.05) is 5.32 Å². The van der Waals surface area contributed by atoms with Crippen LogP contribution in [0.5, 0.6) is 11.6 Å². The van der Waals surface area contributed by atoms with E-state index in [0.717, 1.165) is 5.56 Å². The molecule has 30 heavy (non-hydrogen) atoms. The normalized spacial score (nSPS) is 10.6. The minimum atomic E-state index is -0.0594. The molecule has 0 atom stereocenters. The highest BCUT2D eigenvalue weighted by molar-refractivity contribution is 6.30. The Morgan fingerprint density at radius 1 is 1.00 bits per heavy atom. The lowest BCUT2D eigenvalue weighted by molar-refractivity contribution is -0.116. The number of nitrogens with one attached hydrogen (secondary N) is 1. The summed E-state index contributed by atoms with van der Waals surface area (Å²) in [5, 5.41) is 3.56. The lowest BCUT2D eigenvalue weighted by atomic mass is 10.1. The van der Waals surface area contributed by atoms with E-state index in [1.807, 2.05) is 53.4 Å². The average Bonchev–Trinajstić information content (AvgIpc) is 3.29. The molecular formula is C23H19ClN4O2. The highest BCUT2D eigenvalue weighted by Gasteiger charge is 2.06. The van der Waals surface area contributed by atoms with Crippen molar-refractivity contribution in [2.45, 2.75) is 12.8 Å². The summed E-state index contributed by atoms with van der Waals surface area (Å²) in [6.45, 7) is 0. The van der Waals surface area contributed by atoms with Crippen LogP contribution >= 0.6 is 11.6 Å². The largest absolute Gasteiger partial charge is 0.439 e. The zero-order valence-corrected chi connectivity index (χ0v) is 16.8. The molecule has 0 aliphatic carbocycles. The molecule has 6 nitrogen and oxygen atoms in total. The Bertz CT molecular complexity index is 1130. The average molecular weight is 419 g/mol. The molecule has 0 aliphatic rings. The van der Waals surface area contributed by atoms with E-state index < -0.39 is 0 Å². The van der Waals surface area contributed by atoms with Gasteiger partial charge in [-0.3, -0.25) is 4.79 Å². The van der Waals surface area contributed by atoms with Crippen LogP contribution in [0.3, 0.4) is 0 Å². The zero-order chi connectivity index (χ0) is 20.8. The summed E-state index contributed by atoms with van der Waals surface area (Å²) < 4.78 is 7.68. The number of carbonyl (C=O) groups excluding carboxylic acids is 1. The molecule has 150 valence electrons. The van der Waals surface area contributed by atoms with Gasteiger partial charge in [0.15, 0.2) is 0 Å². The number of carbonyl (C=O) groups is 1. The third-order valence-electron chi connectivity index (χ3n) is 4.39. The highest BCUT2D eigenvalue weighted by atomic mass is 35.5. The van der Waals surface area contributed by atoms with Crippen LogP contribution in [0.25, 0.3) is 5.82 Å². The smallest absolute Gasteiger partial charge is 0.224 e. The van der Waals surface area contributed by atoms with Crippen LogP contribution in [0.4, 0.5) is 5.69 Å². The quantitative estimate of drug-likeness (QED) is 0.443. The second-order valence-corrected chi connectivity index (χ2v) is 7.05. The first-order valence-electron chi connectivity index (χ1n) is 9.43. The molecule has 0 aliphatic heterocycles. The molecule has 2 aromatic carbocycles. The van der Waals surface area contributed by atoms with E-state index in [0.29, 0.717) is 41.0 Å². The molecule has 0 spiro atoms. The first-order chi connectivity index (χ1) is 14.7. The number of hydrogen-bond donors (Lipinski definition) is 1. The van der Waals surface area contributed by atoms with Gasteiger partial charge in [0.1, 0.15) is 17.9 Å². The molecule has 4 rings (SSSR count). The van der Waals surface area contributed by atoms with E-state index >= 15 is 0 Å². The summed E-state index contributed by atoms with van der Waals surface area (Å²) in [5.74, 6) is 1.71. The molecule has 0 saturated carbocycles. The van der Waals surface area contributed by atoms with Gasteiger partial charge in [0.2, 0.25) is 11.8 Å². The molecule has 1 amide bonds. The van der Waals surface area contributed by atoms with Gasteiger partial charge in [0.05, 0.1) is 0 Å². The first kappa shape index (κ1) is 19.7. The van der Waals surface area contributed by atoms with Crippen LogP contribution in [-0.2, 0) is 11.2 Å². The Kier molecular flexibility index (Phi) is 6.06. The number of benzene rings is 2. The summed E-state index contributed by atoms with van der Waals surface area (Å²) in [7, 11) is 0. The van der Waals surface area contributed by atoms with Crippen LogP contribution in [0.15, 0.2) is 85.5 Å². The summed E-state index contributed by atoms with van der Waals surface area (Å²) in [6.07, 6.45) is 6.26. The van der Waals surface area contributed by atoms with E-state index in [4.69, 9.17) is 16.3 Å². The van der Waals surface area contributed by atoms with Crippen LogP contribution < -0.4 is 10.1 Å². The number of rotatable bonds is 7. The van der Waals surface area contributed by atoms with Gasteiger partial charge >= 0.3 is 0 Å². The van der Waals surface area contributed by atoms with Crippen molar-refractivity contribution in [3.05, 3.63) is 96.0 Å². The predicted octanol–water partition coefficient (Wildman–Crippen LogP) is 5.28. The Hall–Kier alpha value is -3.64. The van der Waals surface area contributed by atoms with Crippen LogP contribution in [0.2, 0.25) is 5.02 Å². The van der Waals surface area contributed by atoms with Gasteiger partial charge in [-0.15, -0.1) is 0 Å². The molecule has 0 radical (unpaired) electrons. The Morgan fingerprint density at radius 3 is 2.57 bits per heavy atom. The monoisotopic (exact) mass is 418 g/mol. The lowest BCUT2D eigenvalue weighted by Crippen LogP contribution is -2.12. The van der Waals surface area contributed by atoms with E-state index in [9.17, 15) is 4.79 Å². The zero-order valence-electron chi connectivity index (χ0n) is 16.0. The number of nitrogens with zero attached hydrogens (tertiary/aromatic N) is 3. The molecule has 0 bridgehead atoms. The molecular weight excluding hydrogens is 400 g/mol. The minimum absolute atomic E-state index is 0.0594. The van der Waals surface area contributed by atoms with E-state index in [1.165, 1.54) is 6.33 Å². The fourth-order valence-electron chi connectivity index (χ4n) is 2.92. The van der Waals surface area contributed by atoms with Gasteiger partial charge in [-0.25, -0.2) is 9.97 Å². The Morgan fingerprint density at radius 2 is 1.80 bits per heavy atom. The minimum Gasteiger partial charge on any atom is -0.439 e. The Balaban J connectivity index is 1.33. The first-order valence-corrected chi connectivity index (χ1v) is 9.81. The van der Waals surface area contributed by atoms with Crippen molar-refractivity contribution < 1.29 is 9.53 Å². The van der Waals surface area contributed by atoms with Gasteiger partial charge in [0, 0.05) is 35.6 Å². The molecule has 2 heterocycles. The molecule has 0 unspecified atom stereocenters.